The monoisotopic (exact) mass is 390 g/mol. The fourth-order valence-corrected chi connectivity index (χ4v) is 3.85. The second-order valence-corrected chi connectivity index (χ2v) is 7.77. The summed E-state index contributed by atoms with van der Waals surface area (Å²) in [6.45, 7) is 7.73. The molecule has 2 aliphatic rings. The Labute approximate surface area is 166 Å². The predicted molar refractivity (Wildman–Crippen MR) is 106 cm³/mol. The van der Waals surface area contributed by atoms with Gasteiger partial charge in [-0.3, -0.25) is 19.4 Å². The van der Waals surface area contributed by atoms with Gasteiger partial charge in [-0.2, -0.15) is 0 Å². The van der Waals surface area contributed by atoms with Crippen LogP contribution in [0, 0.1) is 5.82 Å². The van der Waals surface area contributed by atoms with Crippen molar-refractivity contribution in [1.82, 2.24) is 20.0 Å². The Balaban J connectivity index is 1.39. The van der Waals surface area contributed by atoms with E-state index in [1.807, 2.05) is 11.8 Å². The summed E-state index contributed by atoms with van der Waals surface area (Å²) in [4.78, 5) is 31.2. The van der Waals surface area contributed by atoms with Gasteiger partial charge in [-0.1, -0.05) is 12.1 Å². The molecule has 28 heavy (non-hydrogen) atoms. The zero-order valence-electron chi connectivity index (χ0n) is 16.7. The maximum absolute atomic E-state index is 13.0. The number of nitrogens with one attached hydrogen (secondary N) is 1. The standard InChI is InChI=1S/C21H31FN4O2/c1-17(21(28)23-15-18-5-7-19(22)8-6-18)25-13-11-24(12-14-25)16-20(27)26-9-3-2-4-10-26/h5-8,17H,2-4,9-16H2,1H3,(H,23,28). The van der Waals surface area contributed by atoms with Gasteiger partial charge in [0.25, 0.3) is 0 Å². The third-order valence-electron chi connectivity index (χ3n) is 5.78. The van der Waals surface area contributed by atoms with Crippen LogP contribution in [0.4, 0.5) is 4.39 Å². The molecule has 0 aliphatic carbocycles. The molecule has 6 nitrogen and oxygen atoms in total. The molecule has 0 spiro atoms. The summed E-state index contributed by atoms with van der Waals surface area (Å²) >= 11 is 0. The SMILES string of the molecule is CC(C(=O)NCc1ccc(F)cc1)N1CCN(CC(=O)N2CCCCC2)CC1. The number of amides is 2. The topological polar surface area (TPSA) is 55.9 Å². The van der Waals surface area contributed by atoms with Crippen molar-refractivity contribution in [2.75, 3.05) is 45.8 Å². The van der Waals surface area contributed by atoms with E-state index >= 15 is 0 Å². The van der Waals surface area contributed by atoms with Gasteiger partial charge in [0.05, 0.1) is 12.6 Å². The van der Waals surface area contributed by atoms with Crippen molar-refractivity contribution in [3.63, 3.8) is 0 Å². The molecule has 2 heterocycles. The minimum atomic E-state index is -0.278. The predicted octanol–water partition coefficient (Wildman–Crippen LogP) is 1.46. The highest BCUT2D eigenvalue weighted by molar-refractivity contribution is 5.81. The minimum Gasteiger partial charge on any atom is -0.351 e. The quantitative estimate of drug-likeness (QED) is 0.799. The third kappa shape index (κ3) is 5.75. The smallest absolute Gasteiger partial charge is 0.237 e. The average Bonchev–Trinajstić information content (AvgIpc) is 2.73. The molecule has 1 aromatic carbocycles. The van der Waals surface area contributed by atoms with Crippen molar-refractivity contribution in [2.45, 2.75) is 38.8 Å². The van der Waals surface area contributed by atoms with Gasteiger partial charge < -0.3 is 10.2 Å². The van der Waals surface area contributed by atoms with Gasteiger partial charge in [-0.15, -0.1) is 0 Å². The number of hydrogen-bond donors (Lipinski definition) is 1. The summed E-state index contributed by atoms with van der Waals surface area (Å²) in [5, 5.41) is 2.92. The lowest BCUT2D eigenvalue weighted by atomic mass is 10.1. The van der Waals surface area contributed by atoms with Gasteiger partial charge in [0.1, 0.15) is 5.82 Å². The zero-order chi connectivity index (χ0) is 19.9. The second-order valence-electron chi connectivity index (χ2n) is 7.77. The molecule has 0 saturated carbocycles. The summed E-state index contributed by atoms with van der Waals surface area (Å²) < 4.78 is 13.0. The summed E-state index contributed by atoms with van der Waals surface area (Å²) in [5.74, 6) is -0.0690. The molecule has 0 aromatic heterocycles. The second kappa shape index (κ2) is 9.98. The molecular weight excluding hydrogens is 359 g/mol. The highest BCUT2D eigenvalue weighted by atomic mass is 19.1. The van der Waals surface area contributed by atoms with Crippen molar-refractivity contribution in [3.8, 4) is 0 Å². The molecule has 2 fully saturated rings. The van der Waals surface area contributed by atoms with Crippen molar-refractivity contribution in [2.24, 2.45) is 0 Å². The molecule has 2 amide bonds. The number of hydrogen-bond acceptors (Lipinski definition) is 4. The normalized spacial score (nSPS) is 20.0. The van der Waals surface area contributed by atoms with E-state index in [1.54, 1.807) is 12.1 Å². The molecule has 2 saturated heterocycles. The lowest BCUT2D eigenvalue weighted by molar-refractivity contribution is -0.134. The van der Waals surface area contributed by atoms with Gasteiger partial charge in [0.15, 0.2) is 0 Å². The lowest BCUT2D eigenvalue weighted by Crippen LogP contribution is -2.55. The number of benzene rings is 1. The summed E-state index contributed by atoms with van der Waals surface area (Å²) in [6.07, 6.45) is 3.46. The number of carbonyl (C=O) groups excluding carboxylic acids is 2. The molecule has 1 N–H and O–H groups in total. The maximum atomic E-state index is 13.0. The number of piperazine rings is 1. The van der Waals surface area contributed by atoms with E-state index in [0.29, 0.717) is 13.1 Å². The number of piperidine rings is 1. The van der Waals surface area contributed by atoms with Crippen molar-refractivity contribution < 1.29 is 14.0 Å². The van der Waals surface area contributed by atoms with Crippen LogP contribution in [-0.4, -0.2) is 78.4 Å². The number of nitrogens with zero attached hydrogens (tertiary/aromatic N) is 3. The molecule has 2 aliphatic heterocycles. The van der Waals surface area contributed by atoms with Crippen molar-refractivity contribution in [1.29, 1.82) is 0 Å². The number of likely N-dealkylation sites (tertiary alicyclic amines) is 1. The van der Waals surface area contributed by atoms with E-state index in [4.69, 9.17) is 0 Å². The van der Waals surface area contributed by atoms with Crippen LogP contribution in [-0.2, 0) is 16.1 Å². The Morgan fingerprint density at radius 1 is 1.00 bits per heavy atom. The van der Waals surface area contributed by atoms with E-state index in [9.17, 15) is 14.0 Å². The molecule has 0 radical (unpaired) electrons. The average molecular weight is 391 g/mol. The van der Waals surface area contributed by atoms with Crippen molar-refractivity contribution >= 4 is 11.8 Å². The highest BCUT2D eigenvalue weighted by Crippen LogP contribution is 2.11. The first-order valence-corrected chi connectivity index (χ1v) is 10.3. The van der Waals surface area contributed by atoms with Gasteiger partial charge in [0, 0.05) is 45.8 Å². The van der Waals surface area contributed by atoms with E-state index in [2.05, 4.69) is 15.1 Å². The molecular formula is C21H31FN4O2. The Morgan fingerprint density at radius 3 is 2.29 bits per heavy atom. The van der Waals surface area contributed by atoms with E-state index in [0.717, 1.165) is 57.7 Å². The van der Waals surface area contributed by atoms with E-state index < -0.39 is 0 Å². The first-order valence-electron chi connectivity index (χ1n) is 10.3. The Hall–Kier alpha value is -1.99. The van der Waals surface area contributed by atoms with Crippen LogP contribution in [0.5, 0.6) is 0 Å². The first-order chi connectivity index (χ1) is 13.5. The number of halogens is 1. The maximum Gasteiger partial charge on any atom is 0.237 e. The van der Waals surface area contributed by atoms with E-state index in [-0.39, 0.29) is 23.7 Å². The highest BCUT2D eigenvalue weighted by Gasteiger charge is 2.27. The minimum absolute atomic E-state index is 0.0258. The van der Waals surface area contributed by atoms with Gasteiger partial charge in [-0.05, 0) is 43.9 Å². The van der Waals surface area contributed by atoms with Gasteiger partial charge in [-0.25, -0.2) is 4.39 Å². The Morgan fingerprint density at radius 2 is 1.64 bits per heavy atom. The van der Waals surface area contributed by atoms with Crippen LogP contribution >= 0.6 is 0 Å². The summed E-state index contributed by atoms with van der Waals surface area (Å²) in [7, 11) is 0. The van der Waals surface area contributed by atoms with Crippen LogP contribution in [0.25, 0.3) is 0 Å². The molecule has 0 bridgehead atoms. The van der Waals surface area contributed by atoms with Gasteiger partial charge in [0.2, 0.25) is 11.8 Å². The summed E-state index contributed by atoms with van der Waals surface area (Å²) in [6, 6.07) is 5.93. The lowest BCUT2D eigenvalue weighted by Gasteiger charge is -2.38. The third-order valence-corrected chi connectivity index (χ3v) is 5.78. The summed E-state index contributed by atoms with van der Waals surface area (Å²) in [5.41, 5.74) is 0.878. The van der Waals surface area contributed by atoms with Crippen LogP contribution in [0.15, 0.2) is 24.3 Å². The molecule has 1 aromatic rings. The molecule has 1 unspecified atom stereocenters. The fourth-order valence-electron chi connectivity index (χ4n) is 3.85. The van der Waals surface area contributed by atoms with Gasteiger partial charge >= 0.3 is 0 Å². The zero-order valence-corrected chi connectivity index (χ0v) is 16.7. The van der Waals surface area contributed by atoms with Crippen LogP contribution in [0.1, 0.15) is 31.7 Å². The Kier molecular flexibility index (Phi) is 7.39. The molecule has 7 heteroatoms. The number of carbonyl (C=O) groups is 2. The van der Waals surface area contributed by atoms with Crippen molar-refractivity contribution in [3.05, 3.63) is 35.6 Å². The largest absolute Gasteiger partial charge is 0.351 e. The molecule has 1 atom stereocenters. The molecule has 154 valence electrons. The van der Waals surface area contributed by atoms with Crippen LogP contribution in [0.2, 0.25) is 0 Å². The van der Waals surface area contributed by atoms with Crippen LogP contribution in [0.3, 0.4) is 0 Å². The van der Waals surface area contributed by atoms with E-state index in [1.165, 1.54) is 18.6 Å². The fraction of sp³-hybridized carbons (Fsp3) is 0.619. The molecule has 3 rings (SSSR count). The first kappa shape index (κ1) is 20.7. The van der Waals surface area contributed by atoms with Crippen LogP contribution < -0.4 is 5.32 Å². The number of rotatable bonds is 6. The Bertz CT molecular complexity index is 653.